The molecule has 146 valence electrons. The minimum atomic E-state index is -0.784. The first-order valence-corrected chi connectivity index (χ1v) is 9.64. The van der Waals surface area contributed by atoms with Gasteiger partial charge in [0.15, 0.2) is 0 Å². The lowest BCUT2D eigenvalue weighted by molar-refractivity contribution is -0.387. The average molecular weight is 424 g/mol. The summed E-state index contributed by atoms with van der Waals surface area (Å²) in [6, 6.07) is 6.48. The van der Waals surface area contributed by atoms with Crippen LogP contribution in [0.15, 0.2) is 35.2 Å². The van der Waals surface area contributed by atoms with Crippen molar-refractivity contribution in [2.24, 2.45) is 5.73 Å². The van der Waals surface area contributed by atoms with Gasteiger partial charge in [-0.15, -0.1) is 11.8 Å². The number of rotatable bonds is 5. The minimum Gasteiger partial charge on any atom is -0.366 e. The first-order valence-electron chi connectivity index (χ1n) is 8.28. The number of benzene rings is 2. The van der Waals surface area contributed by atoms with E-state index < -0.39 is 16.6 Å². The van der Waals surface area contributed by atoms with Crippen LogP contribution in [0.5, 0.6) is 0 Å². The highest BCUT2D eigenvalue weighted by Crippen LogP contribution is 2.36. The van der Waals surface area contributed by atoms with E-state index >= 15 is 0 Å². The molecular weight excluding hydrogens is 409 g/mol. The second-order valence-electron chi connectivity index (χ2n) is 6.10. The molecule has 0 atom stereocenters. The molecular formula is C18H15ClFN3O4S. The third kappa shape index (κ3) is 3.95. The van der Waals surface area contributed by atoms with Crippen LogP contribution in [-0.4, -0.2) is 29.0 Å². The second-order valence-corrected chi connectivity index (χ2v) is 7.52. The van der Waals surface area contributed by atoms with Crippen molar-refractivity contribution in [3.8, 4) is 0 Å². The topological polar surface area (TPSA) is 107 Å². The van der Waals surface area contributed by atoms with Gasteiger partial charge in [0.1, 0.15) is 5.82 Å². The Balaban J connectivity index is 1.82. The first-order chi connectivity index (χ1) is 13.3. The Morgan fingerprint density at radius 1 is 1.32 bits per heavy atom. The Labute approximate surface area is 168 Å². The van der Waals surface area contributed by atoms with Crippen molar-refractivity contribution in [3.05, 3.63) is 62.4 Å². The summed E-state index contributed by atoms with van der Waals surface area (Å²) in [5.74, 6) is -1.84. The third-order valence-corrected chi connectivity index (χ3v) is 5.75. The Hall–Kier alpha value is -2.65. The van der Waals surface area contributed by atoms with E-state index in [2.05, 4.69) is 0 Å². The number of nitrogens with zero attached hydrogens (tertiary/aromatic N) is 2. The van der Waals surface area contributed by atoms with E-state index in [4.69, 9.17) is 17.3 Å². The zero-order valence-corrected chi connectivity index (χ0v) is 16.1. The summed E-state index contributed by atoms with van der Waals surface area (Å²) in [7, 11) is 0. The van der Waals surface area contributed by atoms with Gasteiger partial charge >= 0.3 is 0 Å². The van der Waals surface area contributed by atoms with Crippen LogP contribution >= 0.6 is 23.4 Å². The van der Waals surface area contributed by atoms with Gasteiger partial charge in [-0.1, -0.05) is 11.6 Å². The fraction of sp³-hybridized carbons (Fsp3) is 0.222. The third-order valence-electron chi connectivity index (χ3n) is 4.35. The maximum absolute atomic E-state index is 14.3. The number of nitro groups is 1. The smallest absolute Gasteiger partial charge is 0.283 e. The number of thioether (sulfide) groups is 1. The normalized spacial score (nSPS) is 13.1. The van der Waals surface area contributed by atoms with Gasteiger partial charge < -0.3 is 10.6 Å². The van der Waals surface area contributed by atoms with E-state index in [1.807, 2.05) is 0 Å². The van der Waals surface area contributed by atoms with E-state index in [-0.39, 0.29) is 33.5 Å². The van der Waals surface area contributed by atoms with Crippen LogP contribution in [0, 0.1) is 15.9 Å². The second kappa shape index (κ2) is 8.15. The average Bonchev–Trinajstić information content (AvgIpc) is 2.68. The van der Waals surface area contributed by atoms with Crippen molar-refractivity contribution in [2.45, 2.75) is 17.7 Å². The number of primary amides is 1. The molecule has 0 saturated carbocycles. The first kappa shape index (κ1) is 20.1. The van der Waals surface area contributed by atoms with Crippen molar-refractivity contribution in [2.75, 3.05) is 17.2 Å². The molecule has 2 aromatic rings. The summed E-state index contributed by atoms with van der Waals surface area (Å²) >= 11 is 7.07. The van der Waals surface area contributed by atoms with E-state index in [1.165, 1.54) is 29.2 Å². The van der Waals surface area contributed by atoms with Crippen molar-refractivity contribution < 1.29 is 18.9 Å². The molecule has 0 saturated heterocycles. The summed E-state index contributed by atoms with van der Waals surface area (Å²) < 4.78 is 14.3. The van der Waals surface area contributed by atoms with Crippen LogP contribution in [0.4, 0.5) is 15.8 Å². The standard InChI is InChI=1S/C18H15ClFN3O4S/c19-12-4-5-13(20)17-11(12)2-1-7-22(17)16(24)9-28-15-6-3-10(18(21)25)8-14(15)23(26)27/h3-6,8H,1-2,7,9H2,(H2,21,25). The van der Waals surface area contributed by atoms with E-state index in [0.717, 1.165) is 17.8 Å². The minimum absolute atomic E-state index is 0.00375. The predicted octanol–water partition coefficient (Wildman–Crippen LogP) is 3.56. The molecule has 28 heavy (non-hydrogen) atoms. The number of carbonyl (C=O) groups excluding carboxylic acids is 2. The molecule has 0 unspecified atom stereocenters. The fourth-order valence-corrected chi connectivity index (χ4v) is 4.17. The summed E-state index contributed by atoms with van der Waals surface area (Å²) in [6.07, 6.45) is 1.21. The highest BCUT2D eigenvalue weighted by Gasteiger charge is 2.28. The van der Waals surface area contributed by atoms with Crippen LogP contribution < -0.4 is 10.6 Å². The summed E-state index contributed by atoms with van der Waals surface area (Å²) in [4.78, 5) is 36.1. The van der Waals surface area contributed by atoms with E-state index in [9.17, 15) is 24.1 Å². The number of amides is 2. The highest BCUT2D eigenvalue weighted by molar-refractivity contribution is 8.00. The number of anilines is 1. The van der Waals surface area contributed by atoms with Crippen LogP contribution in [0.3, 0.4) is 0 Å². The van der Waals surface area contributed by atoms with Gasteiger partial charge in [-0.3, -0.25) is 19.7 Å². The van der Waals surface area contributed by atoms with Gasteiger partial charge in [0, 0.05) is 23.2 Å². The molecule has 1 aliphatic heterocycles. The number of hydrogen-bond donors (Lipinski definition) is 1. The number of carbonyl (C=O) groups is 2. The van der Waals surface area contributed by atoms with Gasteiger partial charge in [0.25, 0.3) is 5.69 Å². The zero-order valence-electron chi connectivity index (χ0n) is 14.5. The number of nitrogens with two attached hydrogens (primary N) is 1. The van der Waals surface area contributed by atoms with Gasteiger partial charge in [-0.25, -0.2) is 4.39 Å². The molecule has 7 nitrogen and oxygen atoms in total. The SMILES string of the molecule is NC(=O)c1ccc(SCC(=O)N2CCCc3c(Cl)ccc(F)c32)c([N+](=O)[O-])c1. The lowest BCUT2D eigenvalue weighted by Crippen LogP contribution is -2.37. The molecule has 2 N–H and O–H groups in total. The van der Waals surface area contributed by atoms with Crippen molar-refractivity contribution >= 4 is 46.6 Å². The predicted molar refractivity (Wildman–Crippen MR) is 104 cm³/mol. The molecule has 0 aliphatic carbocycles. The molecule has 3 rings (SSSR count). The molecule has 1 heterocycles. The van der Waals surface area contributed by atoms with Gasteiger partial charge in [-0.2, -0.15) is 0 Å². The summed E-state index contributed by atoms with van der Waals surface area (Å²) in [5.41, 5.74) is 5.59. The van der Waals surface area contributed by atoms with E-state index in [0.29, 0.717) is 30.0 Å². The monoisotopic (exact) mass is 423 g/mol. The van der Waals surface area contributed by atoms with Crippen LogP contribution in [-0.2, 0) is 11.2 Å². The lowest BCUT2D eigenvalue weighted by atomic mass is 10.0. The Kier molecular flexibility index (Phi) is 5.85. The summed E-state index contributed by atoms with van der Waals surface area (Å²) in [5, 5.41) is 11.7. The fourth-order valence-electron chi connectivity index (χ4n) is 3.04. The Morgan fingerprint density at radius 3 is 2.75 bits per heavy atom. The quantitative estimate of drug-likeness (QED) is 0.449. The molecule has 0 fully saturated rings. The summed E-state index contributed by atoms with van der Waals surface area (Å²) in [6.45, 7) is 0.340. The zero-order chi connectivity index (χ0) is 20.4. The largest absolute Gasteiger partial charge is 0.366 e. The van der Waals surface area contributed by atoms with Crippen molar-refractivity contribution in [1.29, 1.82) is 0 Å². The molecule has 0 radical (unpaired) electrons. The van der Waals surface area contributed by atoms with Gasteiger partial charge in [0.2, 0.25) is 11.8 Å². The molecule has 1 aliphatic rings. The molecule has 2 amide bonds. The van der Waals surface area contributed by atoms with Crippen LogP contribution in [0.2, 0.25) is 5.02 Å². The van der Waals surface area contributed by atoms with Crippen molar-refractivity contribution in [3.63, 3.8) is 0 Å². The number of halogens is 2. The Morgan fingerprint density at radius 2 is 2.07 bits per heavy atom. The van der Waals surface area contributed by atoms with Crippen molar-refractivity contribution in [1.82, 2.24) is 0 Å². The number of fused-ring (bicyclic) bond motifs is 1. The maximum atomic E-state index is 14.3. The maximum Gasteiger partial charge on any atom is 0.283 e. The molecule has 0 aromatic heterocycles. The number of hydrogen-bond acceptors (Lipinski definition) is 5. The lowest BCUT2D eigenvalue weighted by Gasteiger charge is -2.30. The Bertz CT molecular complexity index is 986. The molecule has 0 bridgehead atoms. The van der Waals surface area contributed by atoms with Crippen LogP contribution in [0.25, 0.3) is 0 Å². The highest BCUT2D eigenvalue weighted by atomic mass is 35.5. The molecule has 2 aromatic carbocycles. The molecule has 0 spiro atoms. The van der Waals surface area contributed by atoms with Crippen LogP contribution in [0.1, 0.15) is 22.3 Å². The van der Waals surface area contributed by atoms with E-state index in [1.54, 1.807) is 0 Å². The molecule has 10 heteroatoms. The number of nitro benzene ring substituents is 1. The van der Waals surface area contributed by atoms with Gasteiger partial charge in [0.05, 0.1) is 21.3 Å². The van der Waals surface area contributed by atoms with Gasteiger partial charge in [-0.05, 0) is 42.7 Å².